The van der Waals surface area contributed by atoms with Gasteiger partial charge in [-0.15, -0.1) is 0 Å². The van der Waals surface area contributed by atoms with Crippen LogP contribution in [0.15, 0.2) is 29.2 Å². The van der Waals surface area contributed by atoms with Gasteiger partial charge >= 0.3 is 0 Å². The van der Waals surface area contributed by atoms with Crippen molar-refractivity contribution >= 4 is 9.84 Å². The van der Waals surface area contributed by atoms with Crippen LogP contribution in [0.3, 0.4) is 0 Å². The third-order valence-corrected chi connectivity index (χ3v) is 3.22. The van der Waals surface area contributed by atoms with Crippen LogP contribution >= 0.6 is 0 Å². The highest BCUT2D eigenvalue weighted by atomic mass is 32.2. The van der Waals surface area contributed by atoms with Crippen molar-refractivity contribution in [2.24, 2.45) is 0 Å². The minimum Gasteiger partial charge on any atom is -0.396 e. The molecule has 0 amide bonds. The first kappa shape index (κ1) is 12.2. The molecule has 0 bridgehead atoms. The molecule has 1 aromatic rings. The Labute approximate surface area is 89.1 Å². The zero-order chi connectivity index (χ0) is 11.5. The van der Waals surface area contributed by atoms with Crippen molar-refractivity contribution in [3.63, 3.8) is 0 Å². The van der Waals surface area contributed by atoms with E-state index in [9.17, 15) is 13.5 Å². The number of aliphatic hydroxyl groups is 2. The summed E-state index contributed by atoms with van der Waals surface area (Å²) in [6.07, 6.45) is 0.633. The molecule has 0 aliphatic carbocycles. The van der Waals surface area contributed by atoms with Crippen LogP contribution in [0.25, 0.3) is 0 Å². The number of aliphatic hydroxyl groups excluding tert-OH is 2. The number of hydrogen-bond donors (Lipinski definition) is 2. The summed E-state index contributed by atoms with van der Waals surface area (Å²) in [4.78, 5) is 0.224. The molecule has 0 spiro atoms. The van der Waals surface area contributed by atoms with Gasteiger partial charge < -0.3 is 10.2 Å². The van der Waals surface area contributed by atoms with Crippen LogP contribution in [-0.4, -0.2) is 31.5 Å². The summed E-state index contributed by atoms with van der Waals surface area (Å²) in [6.45, 7) is -0.102. The van der Waals surface area contributed by atoms with Gasteiger partial charge in [0, 0.05) is 19.3 Å². The first-order valence-electron chi connectivity index (χ1n) is 4.54. The second kappa shape index (κ2) is 4.74. The highest BCUT2D eigenvalue weighted by molar-refractivity contribution is 7.90. The molecule has 15 heavy (non-hydrogen) atoms. The molecular weight excluding hydrogens is 216 g/mol. The van der Waals surface area contributed by atoms with Crippen LogP contribution < -0.4 is 0 Å². The smallest absolute Gasteiger partial charge is 0.175 e. The highest BCUT2D eigenvalue weighted by Gasteiger charge is 2.09. The van der Waals surface area contributed by atoms with Gasteiger partial charge in [-0.05, 0) is 17.7 Å². The second-order valence-corrected chi connectivity index (χ2v) is 5.39. The summed E-state index contributed by atoms with van der Waals surface area (Å²) in [6, 6.07) is 6.00. The van der Waals surface area contributed by atoms with Crippen molar-refractivity contribution in [1.29, 1.82) is 0 Å². The molecule has 5 heteroatoms. The predicted molar refractivity (Wildman–Crippen MR) is 56.2 cm³/mol. The van der Waals surface area contributed by atoms with Crippen molar-refractivity contribution in [2.45, 2.75) is 17.4 Å². The lowest BCUT2D eigenvalue weighted by atomic mass is 10.1. The Kier molecular flexibility index (Phi) is 3.84. The Balaban J connectivity index is 2.90. The monoisotopic (exact) mass is 230 g/mol. The van der Waals surface area contributed by atoms with Gasteiger partial charge in [0.25, 0.3) is 0 Å². The van der Waals surface area contributed by atoms with Gasteiger partial charge in [-0.3, -0.25) is 0 Å². The first-order chi connectivity index (χ1) is 6.95. The lowest BCUT2D eigenvalue weighted by Gasteiger charge is -2.09. The van der Waals surface area contributed by atoms with E-state index >= 15 is 0 Å². The lowest BCUT2D eigenvalue weighted by molar-refractivity contribution is 0.134. The van der Waals surface area contributed by atoms with Gasteiger partial charge in [0.05, 0.1) is 11.0 Å². The maximum atomic E-state index is 11.1. The maximum Gasteiger partial charge on any atom is 0.175 e. The second-order valence-electron chi connectivity index (χ2n) is 3.37. The third kappa shape index (κ3) is 3.30. The standard InChI is InChI=1S/C10H14O4S/c1-15(13,14)9-4-2-8(3-5-9)10(12)6-7-11/h2-5,10-12H,6-7H2,1H3/t10-/m1/s1. The van der Waals surface area contributed by atoms with Crippen molar-refractivity contribution in [3.8, 4) is 0 Å². The van der Waals surface area contributed by atoms with E-state index in [0.717, 1.165) is 6.26 Å². The van der Waals surface area contributed by atoms with Crippen LogP contribution in [0.4, 0.5) is 0 Å². The molecule has 4 nitrogen and oxygen atoms in total. The van der Waals surface area contributed by atoms with E-state index in [4.69, 9.17) is 5.11 Å². The zero-order valence-electron chi connectivity index (χ0n) is 8.42. The molecule has 0 aliphatic rings. The first-order valence-corrected chi connectivity index (χ1v) is 6.43. The van der Waals surface area contributed by atoms with Crippen LogP contribution in [0.2, 0.25) is 0 Å². The summed E-state index contributed by atoms with van der Waals surface area (Å²) < 4.78 is 22.3. The van der Waals surface area contributed by atoms with Gasteiger partial charge in [0.15, 0.2) is 9.84 Å². The summed E-state index contributed by atoms with van der Waals surface area (Å²) in [7, 11) is -3.19. The number of sulfone groups is 1. The summed E-state index contributed by atoms with van der Waals surface area (Å²) in [5, 5.41) is 18.1. The molecule has 0 heterocycles. The Bertz CT molecular complexity index is 408. The minimum absolute atomic E-state index is 0.102. The zero-order valence-corrected chi connectivity index (χ0v) is 9.24. The number of hydrogen-bond acceptors (Lipinski definition) is 4. The third-order valence-electron chi connectivity index (χ3n) is 2.10. The average molecular weight is 230 g/mol. The molecule has 0 aliphatic heterocycles. The molecule has 0 fully saturated rings. The van der Waals surface area contributed by atoms with E-state index in [2.05, 4.69) is 0 Å². The molecule has 1 rings (SSSR count). The fraction of sp³-hybridized carbons (Fsp3) is 0.400. The van der Waals surface area contributed by atoms with Crippen molar-refractivity contribution in [1.82, 2.24) is 0 Å². The van der Waals surface area contributed by atoms with Crippen LogP contribution in [0.1, 0.15) is 18.1 Å². The molecule has 2 N–H and O–H groups in total. The van der Waals surface area contributed by atoms with Crippen LogP contribution in [0.5, 0.6) is 0 Å². The Hall–Kier alpha value is -0.910. The molecule has 0 unspecified atom stereocenters. The molecule has 1 atom stereocenters. The maximum absolute atomic E-state index is 11.1. The van der Waals surface area contributed by atoms with E-state index in [-0.39, 0.29) is 17.9 Å². The van der Waals surface area contributed by atoms with Gasteiger partial charge in [-0.1, -0.05) is 12.1 Å². The average Bonchev–Trinajstić information content (AvgIpc) is 2.17. The molecule has 0 radical (unpaired) electrons. The number of rotatable bonds is 4. The Morgan fingerprint density at radius 1 is 1.27 bits per heavy atom. The van der Waals surface area contributed by atoms with E-state index < -0.39 is 15.9 Å². The fourth-order valence-corrected chi connectivity index (χ4v) is 1.86. The van der Waals surface area contributed by atoms with Gasteiger partial charge in [-0.25, -0.2) is 8.42 Å². The van der Waals surface area contributed by atoms with Crippen LogP contribution in [-0.2, 0) is 9.84 Å². The molecule has 0 saturated carbocycles. The normalized spacial score (nSPS) is 13.8. The number of benzene rings is 1. The van der Waals surface area contributed by atoms with E-state index in [1.807, 2.05) is 0 Å². The van der Waals surface area contributed by atoms with Gasteiger partial charge in [-0.2, -0.15) is 0 Å². The Morgan fingerprint density at radius 2 is 1.80 bits per heavy atom. The van der Waals surface area contributed by atoms with E-state index in [1.54, 1.807) is 12.1 Å². The SMILES string of the molecule is CS(=O)(=O)c1ccc([C@H](O)CCO)cc1. The Morgan fingerprint density at radius 3 is 2.20 bits per heavy atom. The molecule has 84 valence electrons. The predicted octanol–water partition coefficient (Wildman–Crippen LogP) is 0.506. The van der Waals surface area contributed by atoms with E-state index in [1.165, 1.54) is 12.1 Å². The summed E-state index contributed by atoms with van der Waals surface area (Å²) in [5.74, 6) is 0. The molecule has 0 aromatic heterocycles. The van der Waals surface area contributed by atoms with E-state index in [0.29, 0.717) is 5.56 Å². The fourth-order valence-electron chi connectivity index (χ4n) is 1.23. The van der Waals surface area contributed by atoms with Gasteiger partial charge in [0.1, 0.15) is 0 Å². The van der Waals surface area contributed by atoms with Crippen LogP contribution in [0, 0.1) is 0 Å². The molecular formula is C10H14O4S. The minimum atomic E-state index is -3.19. The summed E-state index contributed by atoms with van der Waals surface area (Å²) >= 11 is 0. The largest absolute Gasteiger partial charge is 0.396 e. The summed E-state index contributed by atoms with van der Waals surface area (Å²) in [5.41, 5.74) is 0.608. The molecule has 1 aromatic carbocycles. The van der Waals surface area contributed by atoms with Gasteiger partial charge in [0.2, 0.25) is 0 Å². The van der Waals surface area contributed by atoms with Crippen molar-refractivity contribution in [3.05, 3.63) is 29.8 Å². The van der Waals surface area contributed by atoms with Crippen molar-refractivity contribution in [2.75, 3.05) is 12.9 Å². The quantitative estimate of drug-likeness (QED) is 0.790. The topological polar surface area (TPSA) is 74.6 Å². The van der Waals surface area contributed by atoms with Crippen molar-refractivity contribution < 1.29 is 18.6 Å². The lowest BCUT2D eigenvalue weighted by Crippen LogP contribution is -2.01. The highest BCUT2D eigenvalue weighted by Crippen LogP contribution is 2.18. The molecule has 0 saturated heterocycles.